The zero-order chi connectivity index (χ0) is 52.2. The molecule has 1 unspecified atom stereocenters. The number of ether oxygens (including phenoxy) is 3. The second-order valence-corrected chi connectivity index (χ2v) is 19.1. The van der Waals surface area contributed by atoms with Gasteiger partial charge in [0.25, 0.3) is 0 Å². The SMILES string of the molecule is CC/C=C\C/C=C\C/C=C\C/C=C\C/C=C\C/C=C\CCC(=O)OCC(COC(=O)CCCCCC/C=C\C/C=C\C/C=C\C/C=C\CC)OC(=O)CCCCCCCCCCCCCCCCCCCC. The molecule has 1 atom stereocenters. The minimum Gasteiger partial charge on any atom is -0.462 e. The Labute approximate surface area is 443 Å². The van der Waals surface area contributed by atoms with Crippen molar-refractivity contribution >= 4 is 17.9 Å². The van der Waals surface area contributed by atoms with E-state index in [1.807, 2.05) is 6.08 Å². The van der Waals surface area contributed by atoms with Crippen molar-refractivity contribution in [3.05, 3.63) is 122 Å². The molecule has 0 bridgehead atoms. The summed E-state index contributed by atoms with van der Waals surface area (Å²) in [6.07, 6.45) is 82.0. The Morgan fingerprint density at radius 3 is 0.931 bits per heavy atom. The van der Waals surface area contributed by atoms with Crippen LogP contribution in [0.2, 0.25) is 0 Å². The normalized spacial score (nSPS) is 13.0. The van der Waals surface area contributed by atoms with Gasteiger partial charge in [-0.1, -0.05) is 264 Å². The smallest absolute Gasteiger partial charge is 0.306 e. The number of carbonyl (C=O) groups is 3. The van der Waals surface area contributed by atoms with Gasteiger partial charge in [0, 0.05) is 19.3 Å². The zero-order valence-electron chi connectivity index (χ0n) is 46.7. The van der Waals surface area contributed by atoms with Crippen molar-refractivity contribution in [1.29, 1.82) is 0 Å². The lowest BCUT2D eigenvalue weighted by Gasteiger charge is -2.18. The van der Waals surface area contributed by atoms with Crippen LogP contribution in [0, 0.1) is 0 Å². The van der Waals surface area contributed by atoms with E-state index >= 15 is 0 Å². The molecule has 0 spiro atoms. The largest absolute Gasteiger partial charge is 0.462 e. The first-order valence-corrected chi connectivity index (χ1v) is 29.5. The first-order chi connectivity index (χ1) is 35.5. The fraction of sp³-hybridized carbons (Fsp3) is 0.652. The lowest BCUT2D eigenvalue weighted by Crippen LogP contribution is -2.30. The van der Waals surface area contributed by atoms with E-state index in [9.17, 15) is 14.4 Å². The van der Waals surface area contributed by atoms with Crippen LogP contribution in [0.3, 0.4) is 0 Å². The molecule has 0 aliphatic rings. The van der Waals surface area contributed by atoms with E-state index in [1.165, 1.54) is 96.3 Å². The third kappa shape index (κ3) is 56.7. The third-order valence-corrected chi connectivity index (χ3v) is 12.2. The summed E-state index contributed by atoms with van der Waals surface area (Å²) in [5.41, 5.74) is 0. The summed E-state index contributed by atoms with van der Waals surface area (Å²) in [5, 5.41) is 0. The fourth-order valence-electron chi connectivity index (χ4n) is 7.87. The summed E-state index contributed by atoms with van der Waals surface area (Å²) >= 11 is 0. The number of unbranched alkanes of at least 4 members (excludes halogenated alkanes) is 21. The van der Waals surface area contributed by atoms with Crippen LogP contribution in [-0.2, 0) is 28.6 Å². The van der Waals surface area contributed by atoms with E-state index in [1.54, 1.807) is 0 Å². The van der Waals surface area contributed by atoms with Crippen molar-refractivity contribution in [2.45, 2.75) is 264 Å². The van der Waals surface area contributed by atoms with Crippen molar-refractivity contribution in [2.75, 3.05) is 13.2 Å². The summed E-state index contributed by atoms with van der Waals surface area (Å²) in [6, 6.07) is 0. The number of esters is 3. The van der Waals surface area contributed by atoms with Crippen molar-refractivity contribution in [1.82, 2.24) is 0 Å². The van der Waals surface area contributed by atoms with Crippen LogP contribution >= 0.6 is 0 Å². The van der Waals surface area contributed by atoms with Gasteiger partial charge < -0.3 is 14.2 Å². The van der Waals surface area contributed by atoms with Gasteiger partial charge in [-0.25, -0.2) is 0 Å². The molecule has 0 aromatic rings. The molecular formula is C66H108O6. The van der Waals surface area contributed by atoms with Crippen LogP contribution in [0.25, 0.3) is 0 Å². The van der Waals surface area contributed by atoms with Gasteiger partial charge in [-0.2, -0.15) is 0 Å². The van der Waals surface area contributed by atoms with Gasteiger partial charge in [0.05, 0.1) is 0 Å². The molecule has 0 heterocycles. The first kappa shape index (κ1) is 67.8. The van der Waals surface area contributed by atoms with E-state index in [2.05, 4.69) is 136 Å². The Hall–Kier alpha value is -4.19. The molecule has 0 aliphatic carbocycles. The van der Waals surface area contributed by atoms with Gasteiger partial charge in [-0.3, -0.25) is 14.4 Å². The van der Waals surface area contributed by atoms with Crippen LogP contribution in [0.15, 0.2) is 122 Å². The van der Waals surface area contributed by atoms with E-state index < -0.39 is 6.10 Å². The molecule has 6 nitrogen and oxygen atoms in total. The summed E-state index contributed by atoms with van der Waals surface area (Å²) in [5.74, 6) is -1.02. The third-order valence-electron chi connectivity index (χ3n) is 12.2. The van der Waals surface area contributed by atoms with Crippen molar-refractivity contribution in [3.63, 3.8) is 0 Å². The minimum absolute atomic E-state index is 0.115. The lowest BCUT2D eigenvalue weighted by molar-refractivity contribution is -0.166. The monoisotopic (exact) mass is 997 g/mol. The zero-order valence-corrected chi connectivity index (χ0v) is 46.7. The molecule has 6 heteroatoms. The lowest BCUT2D eigenvalue weighted by atomic mass is 10.0. The topological polar surface area (TPSA) is 78.9 Å². The van der Waals surface area contributed by atoms with E-state index in [0.29, 0.717) is 19.3 Å². The Bertz CT molecular complexity index is 1520. The highest BCUT2D eigenvalue weighted by atomic mass is 16.6. The van der Waals surface area contributed by atoms with Gasteiger partial charge in [0.15, 0.2) is 6.10 Å². The highest BCUT2D eigenvalue weighted by Crippen LogP contribution is 2.16. The van der Waals surface area contributed by atoms with E-state index in [-0.39, 0.29) is 37.5 Å². The number of hydrogen-bond donors (Lipinski definition) is 0. The quantitative estimate of drug-likeness (QED) is 0.0261. The van der Waals surface area contributed by atoms with E-state index in [0.717, 1.165) is 116 Å². The Kier molecular flexibility index (Phi) is 55.9. The molecule has 0 aromatic carbocycles. The summed E-state index contributed by atoms with van der Waals surface area (Å²) in [4.78, 5) is 38.2. The number of carbonyl (C=O) groups excluding carboxylic acids is 3. The van der Waals surface area contributed by atoms with Crippen LogP contribution in [0.4, 0.5) is 0 Å². The Balaban J connectivity index is 4.53. The molecule has 0 saturated carbocycles. The average molecular weight is 998 g/mol. The molecule has 0 N–H and O–H groups in total. The second-order valence-electron chi connectivity index (χ2n) is 19.1. The second kappa shape index (κ2) is 59.4. The molecule has 0 radical (unpaired) electrons. The van der Waals surface area contributed by atoms with Crippen molar-refractivity contribution < 1.29 is 28.6 Å². The standard InChI is InChI=1S/C66H108O6/c1-4-7-10-13-16-19-22-25-28-31-33-36-38-41-44-47-50-53-56-59-65(68)71-62-63(61-70-64(67)58-55-52-49-46-43-40-37-34-30-27-24-21-18-15-12-9-6-3)72-66(69)60-57-54-51-48-45-42-39-35-32-29-26-23-20-17-14-11-8-5-2/h7,9-10,12,16,18-19,21,25,27-28,30,33,36-37,40-41,44,50,53,63H,4-6,8,11,13-15,17,20,22-24,26,29,31-32,34-35,38-39,42-43,45-49,51-52,54-62H2,1-3H3/b10-7-,12-9-,19-16-,21-18-,28-25-,30-27-,36-33-,40-37-,44-41-,53-50-. The van der Waals surface area contributed by atoms with Gasteiger partial charge >= 0.3 is 17.9 Å². The van der Waals surface area contributed by atoms with Gasteiger partial charge in [0.1, 0.15) is 13.2 Å². The van der Waals surface area contributed by atoms with Crippen LogP contribution < -0.4 is 0 Å². The molecule has 0 saturated heterocycles. The van der Waals surface area contributed by atoms with Gasteiger partial charge in [0.2, 0.25) is 0 Å². The molecule has 0 amide bonds. The van der Waals surface area contributed by atoms with Crippen LogP contribution in [-0.4, -0.2) is 37.2 Å². The molecule has 0 rings (SSSR count). The van der Waals surface area contributed by atoms with Crippen molar-refractivity contribution in [2.24, 2.45) is 0 Å². The molecule has 0 aliphatic heterocycles. The predicted molar refractivity (Wildman–Crippen MR) is 311 cm³/mol. The highest BCUT2D eigenvalue weighted by Gasteiger charge is 2.19. The predicted octanol–water partition coefficient (Wildman–Crippen LogP) is 20.0. The molecule has 0 aromatic heterocycles. The first-order valence-electron chi connectivity index (χ1n) is 29.5. The Morgan fingerprint density at radius 1 is 0.292 bits per heavy atom. The number of hydrogen-bond acceptors (Lipinski definition) is 6. The molecular weight excluding hydrogens is 889 g/mol. The summed E-state index contributed by atoms with van der Waals surface area (Å²) in [7, 11) is 0. The maximum Gasteiger partial charge on any atom is 0.306 e. The average Bonchev–Trinajstić information content (AvgIpc) is 3.38. The molecule has 408 valence electrons. The van der Waals surface area contributed by atoms with Crippen LogP contribution in [0.5, 0.6) is 0 Å². The minimum atomic E-state index is -0.821. The van der Waals surface area contributed by atoms with E-state index in [4.69, 9.17) is 14.2 Å². The van der Waals surface area contributed by atoms with Crippen LogP contribution in [0.1, 0.15) is 258 Å². The van der Waals surface area contributed by atoms with Gasteiger partial charge in [-0.15, -0.1) is 0 Å². The molecule has 0 fully saturated rings. The maximum absolute atomic E-state index is 12.9. The van der Waals surface area contributed by atoms with Crippen molar-refractivity contribution in [3.8, 4) is 0 Å². The number of allylic oxidation sites excluding steroid dienone is 20. The maximum atomic E-state index is 12.9. The number of rotatable bonds is 52. The molecule has 72 heavy (non-hydrogen) atoms. The summed E-state index contributed by atoms with van der Waals surface area (Å²) < 4.78 is 16.8. The Morgan fingerprint density at radius 2 is 0.569 bits per heavy atom. The fourth-order valence-corrected chi connectivity index (χ4v) is 7.87. The van der Waals surface area contributed by atoms with Gasteiger partial charge in [-0.05, 0) is 96.3 Å². The summed E-state index contributed by atoms with van der Waals surface area (Å²) in [6.45, 7) is 6.34. The highest BCUT2D eigenvalue weighted by molar-refractivity contribution is 5.71.